The van der Waals surface area contributed by atoms with Gasteiger partial charge in [0, 0.05) is 16.5 Å². The molecule has 1 fully saturated rings. The lowest BCUT2D eigenvalue weighted by atomic mass is 9.63. The minimum atomic E-state index is -0.360. The number of nitrogens with two attached hydrogens (primary N) is 1. The molecule has 39 heavy (non-hydrogen) atoms. The van der Waals surface area contributed by atoms with E-state index in [2.05, 4.69) is 34.8 Å². The molecule has 1 spiro atoms. The van der Waals surface area contributed by atoms with Crippen LogP contribution >= 0.6 is 23.1 Å². The summed E-state index contributed by atoms with van der Waals surface area (Å²) in [6.45, 7) is 3.35. The molecule has 0 radical (unpaired) electrons. The van der Waals surface area contributed by atoms with E-state index in [9.17, 15) is 5.26 Å². The Morgan fingerprint density at radius 3 is 2.82 bits per heavy atom. The number of thioether (sulfide) groups is 1. The van der Waals surface area contributed by atoms with Crippen molar-refractivity contribution < 1.29 is 4.52 Å². The van der Waals surface area contributed by atoms with Crippen LogP contribution in [0.15, 0.2) is 15.7 Å². The van der Waals surface area contributed by atoms with Crippen molar-refractivity contribution in [1.82, 2.24) is 29.8 Å². The van der Waals surface area contributed by atoms with E-state index in [-0.39, 0.29) is 11.5 Å². The summed E-state index contributed by atoms with van der Waals surface area (Å²) in [5.41, 5.74) is 10.3. The van der Waals surface area contributed by atoms with Crippen molar-refractivity contribution in [2.45, 2.75) is 80.8 Å². The van der Waals surface area contributed by atoms with Crippen molar-refractivity contribution in [3.05, 3.63) is 33.5 Å². The molecule has 2 aliphatic carbocycles. The molecule has 202 valence electrons. The van der Waals surface area contributed by atoms with Gasteiger partial charge < -0.3 is 15.2 Å². The number of anilines is 1. The van der Waals surface area contributed by atoms with Gasteiger partial charge in [-0.1, -0.05) is 5.16 Å². The number of nitriles is 1. The number of aryl methyl sites for hydroxylation is 1. The second-order valence-corrected chi connectivity index (χ2v) is 13.1. The van der Waals surface area contributed by atoms with Gasteiger partial charge in [0.1, 0.15) is 16.1 Å². The molecule has 3 atom stereocenters. The number of likely N-dealkylation sites (N-methyl/N-ethyl adjacent to an activating group) is 1. The SMILES string of the molecule is CSc1nc(-c2noc3c2CCC[C@@]32CCCc3sc(N)c(C#N)c32)nc2c1cnn2[C@@H](C)[C@@H]1CCCN1C. The molecular formula is C28H32N8OS2. The first-order valence-corrected chi connectivity index (χ1v) is 15.8. The number of hydrogen-bond donors (Lipinski definition) is 1. The van der Waals surface area contributed by atoms with Gasteiger partial charge >= 0.3 is 0 Å². The second kappa shape index (κ2) is 9.32. The smallest absolute Gasteiger partial charge is 0.185 e. The number of thiophene rings is 1. The van der Waals surface area contributed by atoms with Crippen molar-refractivity contribution in [2.24, 2.45) is 0 Å². The van der Waals surface area contributed by atoms with Gasteiger partial charge in [-0.3, -0.25) is 0 Å². The Kier molecular flexibility index (Phi) is 5.99. The van der Waals surface area contributed by atoms with Crippen LogP contribution in [0.5, 0.6) is 0 Å². The van der Waals surface area contributed by atoms with Crippen molar-refractivity contribution in [2.75, 3.05) is 25.6 Å². The maximum atomic E-state index is 10.0. The second-order valence-electron chi connectivity index (χ2n) is 11.2. The normalized spacial score (nSPS) is 23.7. The fourth-order valence-corrected chi connectivity index (χ4v) is 9.09. The Labute approximate surface area is 235 Å². The Morgan fingerprint density at radius 1 is 1.26 bits per heavy atom. The quantitative estimate of drug-likeness (QED) is 0.260. The number of nitrogens with zero attached hydrogens (tertiary/aromatic N) is 7. The van der Waals surface area contributed by atoms with E-state index in [4.69, 9.17) is 25.3 Å². The molecule has 0 saturated carbocycles. The van der Waals surface area contributed by atoms with E-state index in [1.165, 1.54) is 11.3 Å². The number of rotatable bonds is 4. The van der Waals surface area contributed by atoms with Crippen LogP contribution in [-0.2, 0) is 18.3 Å². The zero-order valence-corrected chi connectivity index (χ0v) is 24.2. The van der Waals surface area contributed by atoms with Gasteiger partial charge in [0.2, 0.25) is 0 Å². The highest BCUT2D eigenvalue weighted by Gasteiger charge is 2.48. The molecular weight excluding hydrogens is 528 g/mol. The molecule has 0 amide bonds. The molecule has 0 bridgehead atoms. The average Bonchev–Trinajstić information content (AvgIpc) is 3.72. The van der Waals surface area contributed by atoms with Gasteiger partial charge in [0.25, 0.3) is 0 Å². The summed E-state index contributed by atoms with van der Waals surface area (Å²) in [4.78, 5) is 13.7. The third-order valence-electron chi connectivity index (χ3n) is 9.20. The lowest BCUT2D eigenvalue weighted by Crippen LogP contribution is -2.35. The Balaban J connectivity index is 1.37. The van der Waals surface area contributed by atoms with E-state index in [1.807, 2.05) is 12.5 Å². The molecule has 1 aliphatic heterocycles. The number of fused-ring (bicyclic) bond motifs is 5. The molecule has 5 heterocycles. The summed E-state index contributed by atoms with van der Waals surface area (Å²) in [6, 6.07) is 3.02. The first-order valence-electron chi connectivity index (χ1n) is 13.8. The van der Waals surface area contributed by atoms with Crippen LogP contribution in [0.4, 0.5) is 5.00 Å². The molecule has 4 aromatic rings. The van der Waals surface area contributed by atoms with Crippen LogP contribution in [0, 0.1) is 11.3 Å². The summed E-state index contributed by atoms with van der Waals surface area (Å²) in [6.07, 6.45) is 12.0. The van der Waals surface area contributed by atoms with E-state index in [0.29, 0.717) is 28.1 Å². The lowest BCUT2D eigenvalue weighted by Gasteiger charge is -2.39. The molecule has 0 aromatic carbocycles. The van der Waals surface area contributed by atoms with Crippen molar-refractivity contribution in [1.29, 1.82) is 5.26 Å². The fraction of sp³-hybridized carbons (Fsp3) is 0.536. The highest BCUT2D eigenvalue weighted by atomic mass is 32.2. The predicted octanol–water partition coefficient (Wildman–Crippen LogP) is 5.33. The Morgan fingerprint density at radius 2 is 2.08 bits per heavy atom. The zero-order chi connectivity index (χ0) is 26.9. The van der Waals surface area contributed by atoms with Gasteiger partial charge in [0.05, 0.1) is 28.6 Å². The molecule has 11 heteroatoms. The van der Waals surface area contributed by atoms with Crippen LogP contribution in [0.3, 0.4) is 0 Å². The van der Waals surface area contributed by atoms with Gasteiger partial charge in [-0.15, -0.1) is 23.1 Å². The maximum absolute atomic E-state index is 10.0. The summed E-state index contributed by atoms with van der Waals surface area (Å²) >= 11 is 3.16. The van der Waals surface area contributed by atoms with Crippen LogP contribution in [-0.4, -0.2) is 55.7 Å². The monoisotopic (exact) mass is 560 g/mol. The Bertz CT molecular complexity index is 1630. The first kappa shape index (κ1) is 25.1. The average molecular weight is 561 g/mol. The standard InChI is InChI=1S/C28H32N8OS2/c1-15(19-8-6-12-35(19)2)36-26-18(14-31-36)27(38-3)33-25(32-26)22-16-7-4-10-28(23(16)37-34-22)11-5-9-20-21(28)17(13-29)24(30)39-20/h14-15,19H,4-12,30H2,1-3H3/t15-,19-,28-/m0/s1. The minimum absolute atomic E-state index is 0.191. The zero-order valence-electron chi connectivity index (χ0n) is 22.5. The molecule has 4 aromatic heterocycles. The summed E-state index contributed by atoms with van der Waals surface area (Å²) < 4.78 is 8.30. The number of nitrogen functional groups attached to an aromatic ring is 1. The van der Waals surface area contributed by atoms with Crippen LogP contribution < -0.4 is 5.73 Å². The molecule has 0 unspecified atom stereocenters. The summed E-state index contributed by atoms with van der Waals surface area (Å²) in [5, 5.41) is 21.9. The highest BCUT2D eigenvalue weighted by molar-refractivity contribution is 7.98. The van der Waals surface area contributed by atoms with Crippen molar-refractivity contribution >= 4 is 39.1 Å². The topological polar surface area (TPSA) is 123 Å². The third-order valence-corrected chi connectivity index (χ3v) is 11.0. The fourth-order valence-electron chi connectivity index (χ4n) is 7.38. The molecule has 7 rings (SSSR count). The maximum Gasteiger partial charge on any atom is 0.185 e. The first-order chi connectivity index (χ1) is 19.0. The summed E-state index contributed by atoms with van der Waals surface area (Å²) in [5.74, 6) is 1.46. The van der Waals surface area contributed by atoms with Crippen molar-refractivity contribution in [3.63, 3.8) is 0 Å². The Hall–Kier alpha value is -2.94. The van der Waals surface area contributed by atoms with E-state index < -0.39 is 0 Å². The number of hydrogen-bond acceptors (Lipinski definition) is 10. The number of likely N-dealkylation sites (tertiary alicyclic amines) is 1. The van der Waals surface area contributed by atoms with Gasteiger partial charge in [-0.05, 0) is 83.7 Å². The van der Waals surface area contributed by atoms with E-state index >= 15 is 0 Å². The minimum Gasteiger partial charge on any atom is -0.389 e. The van der Waals surface area contributed by atoms with Crippen LogP contribution in [0.2, 0.25) is 0 Å². The van der Waals surface area contributed by atoms with E-state index in [1.54, 1.807) is 23.1 Å². The van der Waals surface area contributed by atoms with Gasteiger partial charge in [0.15, 0.2) is 22.9 Å². The number of aromatic nitrogens is 5. The molecule has 1 saturated heterocycles. The largest absolute Gasteiger partial charge is 0.389 e. The van der Waals surface area contributed by atoms with Gasteiger partial charge in [-0.2, -0.15) is 10.4 Å². The highest BCUT2D eigenvalue weighted by Crippen LogP contribution is 2.55. The summed E-state index contributed by atoms with van der Waals surface area (Å²) in [7, 11) is 2.20. The van der Waals surface area contributed by atoms with Crippen molar-refractivity contribution in [3.8, 4) is 17.6 Å². The lowest BCUT2D eigenvalue weighted by molar-refractivity contribution is 0.232. The van der Waals surface area contributed by atoms with Crippen LogP contribution in [0.25, 0.3) is 22.6 Å². The molecule has 3 aliphatic rings. The third kappa shape index (κ3) is 3.61. The van der Waals surface area contributed by atoms with Crippen LogP contribution in [0.1, 0.15) is 78.8 Å². The van der Waals surface area contributed by atoms with E-state index in [0.717, 1.165) is 84.4 Å². The van der Waals surface area contributed by atoms with Gasteiger partial charge in [-0.25, -0.2) is 14.6 Å². The molecule has 2 N–H and O–H groups in total. The molecule has 9 nitrogen and oxygen atoms in total. The predicted molar refractivity (Wildman–Crippen MR) is 153 cm³/mol.